The summed E-state index contributed by atoms with van der Waals surface area (Å²) in [5.41, 5.74) is 5.67. The van der Waals surface area contributed by atoms with Crippen LogP contribution in [0.25, 0.3) is 0 Å². The molecule has 28 heavy (non-hydrogen) atoms. The van der Waals surface area contributed by atoms with Crippen molar-refractivity contribution in [3.05, 3.63) is 68.8 Å². The Morgan fingerprint density at radius 2 is 1.11 bits per heavy atom. The van der Waals surface area contributed by atoms with Crippen LogP contribution < -0.4 is 0 Å². The van der Waals surface area contributed by atoms with Crippen molar-refractivity contribution in [3.8, 4) is 0 Å². The van der Waals surface area contributed by atoms with Gasteiger partial charge in [-0.2, -0.15) is 0 Å². The zero-order chi connectivity index (χ0) is 21.2. The van der Waals surface area contributed by atoms with Gasteiger partial charge in [0.1, 0.15) is 0 Å². The number of carbonyl (C=O) groups excluding carboxylic acids is 2. The number of aryl methyl sites for hydroxylation is 6. The SMILES string of the molecule is Cc1cc(C)c(C(=O)[PH](O)(CCCBr)C(=O)c2c(C)cc(C)cc2C)c(C)c1. The third-order valence-corrected chi connectivity index (χ3v) is 8.87. The topological polar surface area (TPSA) is 54.4 Å². The van der Waals surface area contributed by atoms with Gasteiger partial charge in [0.25, 0.3) is 0 Å². The molecule has 152 valence electrons. The van der Waals surface area contributed by atoms with Crippen LogP contribution in [0, 0.1) is 41.5 Å². The average Bonchev–Trinajstić information content (AvgIpc) is 2.57. The molecule has 0 aliphatic rings. The Morgan fingerprint density at radius 1 is 0.786 bits per heavy atom. The fourth-order valence-electron chi connectivity index (χ4n) is 4.14. The van der Waals surface area contributed by atoms with Crippen LogP contribution in [0.1, 0.15) is 60.5 Å². The monoisotopic (exact) mass is 464 g/mol. The second kappa shape index (κ2) is 8.98. The van der Waals surface area contributed by atoms with E-state index in [4.69, 9.17) is 0 Å². The van der Waals surface area contributed by atoms with E-state index in [1.807, 2.05) is 65.8 Å². The van der Waals surface area contributed by atoms with Gasteiger partial charge in [-0.3, -0.25) is 0 Å². The van der Waals surface area contributed by atoms with Crippen LogP contribution in [0.3, 0.4) is 0 Å². The van der Waals surface area contributed by atoms with Gasteiger partial charge in [0.15, 0.2) is 0 Å². The molecule has 0 aliphatic carbocycles. The van der Waals surface area contributed by atoms with E-state index in [-0.39, 0.29) is 17.2 Å². The first-order valence-electron chi connectivity index (χ1n) is 9.56. The molecular formula is C23H30BrO3P. The predicted molar refractivity (Wildman–Crippen MR) is 124 cm³/mol. The summed E-state index contributed by atoms with van der Waals surface area (Å²) < 4.78 is 0. The zero-order valence-electron chi connectivity index (χ0n) is 17.6. The third kappa shape index (κ3) is 4.45. The molecular weight excluding hydrogens is 435 g/mol. The Labute approximate surface area is 177 Å². The summed E-state index contributed by atoms with van der Waals surface area (Å²) in [6.07, 6.45) is 0.795. The molecule has 0 aromatic heterocycles. The van der Waals surface area contributed by atoms with Crippen LogP contribution >= 0.6 is 23.4 Å². The van der Waals surface area contributed by atoms with E-state index in [2.05, 4.69) is 15.9 Å². The molecule has 0 fully saturated rings. The molecule has 0 unspecified atom stereocenters. The number of benzene rings is 2. The van der Waals surface area contributed by atoms with E-state index in [0.29, 0.717) is 22.9 Å². The second-order valence-corrected chi connectivity index (χ2v) is 11.8. The number of hydrogen-bond donors (Lipinski definition) is 1. The van der Waals surface area contributed by atoms with Gasteiger partial charge in [0.05, 0.1) is 0 Å². The molecule has 0 saturated heterocycles. The minimum absolute atomic E-state index is 0.218. The summed E-state index contributed by atoms with van der Waals surface area (Å²) in [4.78, 5) is 38.9. The van der Waals surface area contributed by atoms with Crippen LogP contribution in [-0.4, -0.2) is 27.4 Å². The Hall–Kier alpha value is -1.35. The van der Waals surface area contributed by atoms with E-state index >= 15 is 0 Å². The van der Waals surface area contributed by atoms with Gasteiger partial charge in [0, 0.05) is 0 Å². The van der Waals surface area contributed by atoms with E-state index in [0.717, 1.165) is 33.4 Å². The Morgan fingerprint density at radius 3 is 1.39 bits per heavy atom. The van der Waals surface area contributed by atoms with E-state index in [1.165, 1.54) is 0 Å². The molecule has 2 rings (SSSR count). The quantitative estimate of drug-likeness (QED) is 0.406. The van der Waals surface area contributed by atoms with Crippen LogP contribution in [0.2, 0.25) is 0 Å². The third-order valence-electron chi connectivity index (χ3n) is 5.23. The van der Waals surface area contributed by atoms with Gasteiger partial charge in [-0.1, -0.05) is 0 Å². The summed E-state index contributed by atoms with van der Waals surface area (Å²) in [6, 6.07) is 7.75. The van der Waals surface area contributed by atoms with Crippen molar-refractivity contribution < 1.29 is 14.5 Å². The summed E-state index contributed by atoms with van der Waals surface area (Å²) in [5.74, 6) is 0. The van der Waals surface area contributed by atoms with Crippen molar-refractivity contribution in [3.63, 3.8) is 0 Å². The summed E-state index contributed by atoms with van der Waals surface area (Å²) in [7, 11) is -3.93. The second-order valence-electron chi connectivity index (χ2n) is 7.86. The number of hydrogen-bond acceptors (Lipinski definition) is 3. The molecule has 0 amide bonds. The van der Waals surface area contributed by atoms with Crippen molar-refractivity contribution in [1.82, 2.24) is 0 Å². The van der Waals surface area contributed by atoms with Crippen molar-refractivity contribution in [2.75, 3.05) is 11.5 Å². The molecule has 2 aromatic rings. The molecule has 0 bridgehead atoms. The average molecular weight is 465 g/mol. The summed E-state index contributed by atoms with van der Waals surface area (Å²) >= 11 is 3.38. The van der Waals surface area contributed by atoms with E-state index in [1.54, 1.807) is 0 Å². The maximum absolute atomic E-state index is 13.6. The van der Waals surface area contributed by atoms with Crippen molar-refractivity contribution in [2.24, 2.45) is 0 Å². The fourth-order valence-corrected chi connectivity index (χ4v) is 7.91. The van der Waals surface area contributed by atoms with E-state index < -0.39 is 7.49 Å². The Balaban J connectivity index is 2.65. The van der Waals surface area contributed by atoms with Crippen LogP contribution in [0.5, 0.6) is 0 Å². The number of alkyl halides is 1. The Kier molecular flexibility index (Phi) is 7.36. The molecule has 0 atom stereocenters. The van der Waals surface area contributed by atoms with Gasteiger partial charge in [-0.05, 0) is 0 Å². The minimum atomic E-state index is -3.93. The maximum atomic E-state index is 13.6. The first-order chi connectivity index (χ1) is 13.0. The molecule has 0 aliphatic heterocycles. The fraction of sp³-hybridized carbons (Fsp3) is 0.391. The van der Waals surface area contributed by atoms with Crippen LogP contribution in [0.4, 0.5) is 0 Å². The molecule has 0 radical (unpaired) electrons. The molecule has 3 nitrogen and oxygen atoms in total. The predicted octanol–water partition coefficient (Wildman–Crippen LogP) is 5.96. The number of rotatable bonds is 7. The first-order valence-corrected chi connectivity index (χ1v) is 12.8. The molecule has 0 heterocycles. The normalized spacial score (nSPS) is 12.1. The van der Waals surface area contributed by atoms with Crippen molar-refractivity contribution in [1.29, 1.82) is 0 Å². The molecule has 0 spiro atoms. The summed E-state index contributed by atoms with van der Waals surface area (Å²) in [5, 5.41) is 0.639. The molecule has 0 saturated carbocycles. The van der Waals surface area contributed by atoms with Crippen LogP contribution in [-0.2, 0) is 0 Å². The van der Waals surface area contributed by atoms with Crippen molar-refractivity contribution >= 4 is 34.5 Å². The summed E-state index contributed by atoms with van der Waals surface area (Å²) in [6.45, 7) is 11.5. The first kappa shape index (κ1) is 22.9. The Bertz CT molecular complexity index is 818. The number of halogens is 1. The van der Waals surface area contributed by atoms with Gasteiger partial charge >= 0.3 is 177 Å². The molecule has 2 aromatic carbocycles. The zero-order valence-corrected chi connectivity index (χ0v) is 20.2. The van der Waals surface area contributed by atoms with Gasteiger partial charge in [-0.15, -0.1) is 0 Å². The van der Waals surface area contributed by atoms with Gasteiger partial charge in [-0.25, -0.2) is 0 Å². The van der Waals surface area contributed by atoms with Crippen LogP contribution in [0.15, 0.2) is 24.3 Å². The van der Waals surface area contributed by atoms with Gasteiger partial charge < -0.3 is 0 Å². The number of carbonyl (C=O) groups is 2. The molecule has 1 N–H and O–H groups in total. The van der Waals surface area contributed by atoms with Crippen molar-refractivity contribution in [2.45, 2.75) is 48.0 Å². The van der Waals surface area contributed by atoms with Gasteiger partial charge in [0.2, 0.25) is 0 Å². The van der Waals surface area contributed by atoms with E-state index in [9.17, 15) is 14.5 Å². The standard InChI is InChI=1S/C23H30BrO3P/c1-14-10-16(3)20(17(4)11-14)22(25)28(27,9-7-8-24)23(26)21-18(5)12-15(2)13-19(21)6/h10-13,27-28H,7-9H2,1-6H3. The molecule has 5 heteroatoms.